The predicted molar refractivity (Wildman–Crippen MR) is 50.3 cm³/mol. The summed E-state index contributed by atoms with van der Waals surface area (Å²) < 4.78 is 5.04. The van der Waals surface area contributed by atoms with E-state index < -0.39 is 5.97 Å². The van der Waals surface area contributed by atoms with Crippen LogP contribution in [0.4, 0.5) is 0 Å². The smallest absolute Gasteiger partial charge is 0.322 e. The lowest BCUT2D eigenvalue weighted by Crippen LogP contribution is -2.17. The second-order valence-corrected chi connectivity index (χ2v) is 2.69. The van der Waals surface area contributed by atoms with Gasteiger partial charge in [-0.2, -0.15) is 0 Å². The third kappa shape index (κ3) is 7.18. The van der Waals surface area contributed by atoms with Gasteiger partial charge in [0.1, 0.15) is 12.3 Å². The second-order valence-electron chi connectivity index (χ2n) is 2.69. The van der Waals surface area contributed by atoms with Gasteiger partial charge >= 0.3 is 5.97 Å². The van der Waals surface area contributed by atoms with Crippen LogP contribution in [0, 0.1) is 0 Å². The number of hydrogen-bond donors (Lipinski definition) is 2. The highest BCUT2D eigenvalue weighted by atomic mass is 16.5. The monoisotopic (exact) mass is 187 g/mol. The van der Waals surface area contributed by atoms with Crippen molar-refractivity contribution in [1.82, 2.24) is 5.32 Å². The summed E-state index contributed by atoms with van der Waals surface area (Å²) in [5.74, 6) is -0.0784. The zero-order valence-corrected chi connectivity index (χ0v) is 8.17. The summed E-state index contributed by atoms with van der Waals surface area (Å²) in [5, 5.41) is 11.0. The summed E-state index contributed by atoms with van der Waals surface area (Å²) >= 11 is 0. The molecule has 0 saturated heterocycles. The molecule has 0 fully saturated rings. The number of carboxylic acids is 1. The first-order valence-corrected chi connectivity index (χ1v) is 4.39. The fourth-order valence-corrected chi connectivity index (χ4v) is 0.836. The van der Waals surface area contributed by atoms with E-state index in [1.54, 1.807) is 13.3 Å². The molecular formula is C9H17NO3. The number of ether oxygens (including phenoxy) is 1. The molecule has 0 unspecified atom stereocenters. The molecule has 2 N–H and O–H groups in total. The first-order valence-electron chi connectivity index (χ1n) is 4.39. The summed E-state index contributed by atoms with van der Waals surface area (Å²) in [4.78, 5) is 10.2. The second kappa shape index (κ2) is 7.46. The minimum absolute atomic E-state index is 0.0705. The molecule has 0 heterocycles. The number of hydrogen-bond acceptors (Lipinski definition) is 3. The van der Waals surface area contributed by atoms with E-state index in [0.717, 1.165) is 25.0 Å². The highest BCUT2D eigenvalue weighted by Gasteiger charge is 1.96. The Morgan fingerprint density at radius 1 is 1.62 bits per heavy atom. The Bertz CT molecular complexity index is 178. The molecule has 0 saturated carbocycles. The van der Waals surface area contributed by atoms with E-state index in [9.17, 15) is 4.79 Å². The Morgan fingerprint density at radius 2 is 2.31 bits per heavy atom. The van der Waals surface area contributed by atoms with E-state index in [0.29, 0.717) is 0 Å². The Balaban J connectivity index is 3.71. The Morgan fingerprint density at radius 3 is 2.77 bits per heavy atom. The molecule has 0 aromatic heterocycles. The van der Waals surface area contributed by atoms with Crippen molar-refractivity contribution < 1.29 is 14.6 Å². The minimum Gasteiger partial charge on any atom is -0.500 e. The van der Waals surface area contributed by atoms with Crippen LogP contribution in [0.1, 0.15) is 26.2 Å². The van der Waals surface area contributed by atoms with Crippen molar-refractivity contribution in [1.29, 1.82) is 0 Å². The van der Waals surface area contributed by atoms with E-state index in [1.807, 2.05) is 0 Å². The topological polar surface area (TPSA) is 58.6 Å². The van der Waals surface area contributed by atoms with Gasteiger partial charge in [0.15, 0.2) is 0 Å². The molecule has 0 aromatic carbocycles. The van der Waals surface area contributed by atoms with Gasteiger partial charge in [-0.3, -0.25) is 4.79 Å². The summed E-state index contributed by atoms with van der Waals surface area (Å²) in [6, 6.07) is 0. The van der Waals surface area contributed by atoms with Gasteiger partial charge in [0.25, 0.3) is 0 Å². The molecule has 0 atom stereocenters. The minimum atomic E-state index is -0.873. The van der Waals surface area contributed by atoms with Crippen molar-refractivity contribution in [2.24, 2.45) is 0 Å². The number of unbranched alkanes of at least 4 members (excludes halogenated alkanes) is 1. The lowest BCUT2D eigenvalue weighted by Gasteiger charge is -2.05. The summed E-state index contributed by atoms with van der Waals surface area (Å²) in [5.41, 5.74) is 0. The molecule has 4 heteroatoms. The highest BCUT2D eigenvalue weighted by Crippen LogP contribution is 2.05. The molecule has 0 amide bonds. The number of aliphatic carboxylic acids is 1. The van der Waals surface area contributed by atoms with Crippen molar-refractivity contribution in [3.8, 4) is 0 Å². The molecule has 0 aromatic rings. The van der Waals surface area contributed by atoms with E-state index in [1.165, 1.54) is 0 Å². The van der Waals surface area contributed by atoms with Crippen molar-refractivity contribution in [2.45, 2.75) is 26.2 Å². The van der Waals surface area contributed by atoms with Crippen molar-refractivity contribution in [2.75, 3.05) is 13.7 Å². The van der Waals surface area contributed by atoms with Gasteiger partial charge in [-0.25, -0.2) is 0 Å². The molecule has 13 heavy (non-hydrogen) atoms. The van der Waals surface area contributed by atoms with Crippen LogP contribution < -0.4 is 5.32 Å². The van der Waals surface area contributed by atoms with Crippen LogP contribution in [-0.4, -0.2) is 24.7 Å². The van der Waals surface area contributed by atoms with Crippen LogP contribution in [0.15, 0.2) is 12.0 Å². The molecule has 0 radical (unpaired) electrons. The van der Waals surface area contributed by atoms with Crippen LogP contribution in [0.25, 0.3) is 0 Å². The molecular weight excluding hydrogens is 170 g/mol. The summed E-state index contributed by atoms with van der Waals surface area (Å²) in [7, 11) is 1.59. The number of carboxylic acid groups (broad SMARTS) is 1. The fourth-order valence-electron chi connectivity index (χ4n) is 0.836. The summed E-state index contributed by atoms with van der Waals surface area (Å²) in [6.45, 7) is 2.02. The van der Waals surface area contributed by atoms with Gasteiger partial charge in [-0.05, 0) is 6.42 Å². The first-order chi connectivity index (χ1) is 6.20. The van der Waals surface area contributed by atoms with Gasteiger partial charge in [-0.15, -0.1) is 0 Å². The highest BCUT2D eigenvalue weighted by molar-refractivity contribution is 5.69. The van der Waals surface area contributed by atoms with Gasteiger partial charge in [0, 0.05) is 12.6 Å². The zero-order valence-electron chi connectivity index (χ0n) is 8.17. The number of rotatable bonds is 7. The largest absolute Gasteiger partial charge is 0.500 e. The van der Waals surface area contributed by atoms with Crippen LogP contribution in [0.2, 0.25) is 0 Å². The van der Waals surface area contributed by atoms with Crippen LogP contribution in [0.5, 0.6) is 0 Å². The van der Waals surface area contributed by atoms with E-state index in [4.69, 9.17) is 9.84 Å². The predicted octanol–water partition coefficient (Wildman–Crippen LogP) is 1.34. The van der Waals surface area contributed by atoms with Crippen molar-refractivity contribution in [3.63, 3.8) is 0 Å². The lowest BCUT2D eigenvalue weighted by molar-refractivity contribution is -0.135. The SMILES string of the molecule is CCCCC(=CNCC(=O)O)OC. The maximum Gasteiger partial charge on any atom is 0.322 e. The van der Waals surface area contributed by atoms with Gasteiger partial charge in [0.05, 0.1) is 7.11 Å². The van der Waals surface area contributed by atoms with Gasteiger partial charge in [0.2, 0.25) is 0 Å². The standard InChI is InChI=1S/C9H17NO3/c1-3-4-5-8(13-2)6-10-7-9(11)12/h6,10H,3-5,7H2,1-2H3,(H,11,12). The van der Waals surface area contributed by atoms with E-state index in [2.05, 4.69) is 12.2 Å². The normalized spacial score (nSPS) is 11.1. The van der Waals surface area contributed by atoms with Crippen LogP contribution >= 0.6 is 0 Å². The number of methoxy groups -OCH3 is 1. The van der Waals surface area contributed by atoms with Crippen LogP contribution in [-0.2, 0) is 9.53 Å². The number of nitrogens with one attached hydrogen (secondary N) is 1. The van der Waals surface area contributed by atoms with Crippen molar-refractivity contribution >= 4 is 5.97 Å². The Labute approximate surface area is 78.6 Å². The van der Waals surface area contributed by atoms with E-state index in [-0.39, 0.29) is 6.54 Å². The first kappa shape index (κ1) is 11.8. The maximum absolute atomic E-state index is 10.2. The van der Waals surface area contributed by atoms with Gasteiger partial charge in [-0.1, -0.05) is 13.3 Å². The molecule has 4 nitrogen and oxygen atoms in total. The summed E-state index contributed by atoms with van der Waals surface area (Å²) in [6.07, 6.45) is 4.61. The fraction of sp³-hybridized carbons (Fsp3) is 0.667. The maximum atomic E-state index is 10.2. The molecule has 0 aliphatic heterocycles. The number of carbonyl (C=O) groups is 1. The molecule has 0 aliphatic rings. The van der Waals surface area contributed by atoms with Crippen molar-refractivity contribution in [3.05, 3.63) is 12.0 Å². The quantitative estimate of drug-likeness (QED) is 0.590. The number of allylic oxidation sites excluding steroid dienone is 1. The van der Waals surface area contributed by atoms with Gasteiger partial charge < -0.3 is 15.2 Å². The van der Waals surface area contributed by atoms with E-state index >= 15 is 0 Å². The molecule has 0 spiro atoms. The Hall–Kier alpha value is -1.19. The Kier molecular flexibility index (Phi) is 6.78. The average Bonchev–Trinajstić information content (AvgIpc) is 2.10. The third-order valence-electron chi connectivity index (χ3n) is 1.56. The molecule has 0 bridgehead atoms. The van der Waals surface area contributed by atoms with Crippen LogP contribution in [0.3, 0.4) is 0 Å². The lowest BCUT2D eigenvalue weighted by atomic mass is 10.2. The molecule has 76 valence electrons. The molecule has 0 aliphatic carbocycles. The molecule has 0 rings (SSSR count). The third-order valence-corrected chi connectivity index (χ3v) is 1.56. The zero-order chi connectivity index (χ0) is 10.1. The average molecular weight is 187 g/mol.